The third-order valence-electron chi connectivity index (χ3n) is 2.51. The molecule has 0 aliphatic heterocycles. The Hall–Kier alpha value is -2.42. The Bertz CT molecular complexity index is 737. The van der Waals surface area contributed by atoms with Gasteiger partial charge in [0.2, 0.25) is 0 Å². The number of aromatic nitrogens is 1. The normalized spacial score (nSPS) is 9.67. The summed E-state index contributed by atoms with van der Waals surface area (Å²) in [6.07, 6.45) is 2.88. The number of benzene rings is 1. The molecule has 4 nitrogen and oxygen atoms in total. The highest BCUT2D eigenvalue weighted by molar-refractivity contribution is 6.31. The first kappa shape index (κ1) is 15.0. The Morgan fingerprint density at radius 2 is 2.19 bits per heavy atom. The summed E-state index contributed by atoms with van der Waals surface area (Å²) in [5.74, 6) is 4.37. The third-order valence-corrected chi connectivity index (χ3v) is 2.75. The van der Waals surface area contributed by atoms with Gasteiger partial charge in [-0.1, -0.05) is 23.4 Å². The summed E-state index contributed by atoms with van der Waals surface area (Å²) >= 11 is 5.77. The predicted molar refractivity (Wildman–Crippen MR) is 79.5 cm³/mol. The molecule has 0 radical (unpaired) electrons. The van der Waals surface area contributed by atoms with Crippen LogP contribution in [-0.4, -0.2) is 17.4 Å². The van der Waals surface area contributed by atoms with Gasteiger partial charge >= 0.3 is 0 Å². The lowest BCUT2D eigenvalue weighted by Crippen LogP contribution is -2.13. The Balaban J connectivity index is 2.22. The number of nitrogens with two attached hydrogens (primary N) is 1. The highest BCUT2D eigenvalue weighted by Crippen LogP contribution is 2.20. The standard InChI is InChI=1S/C15H11ClFN3O/c16-12-3-4-13(17)14(7-12)20-15(21)11-6-10(2-1-5-18)8-19-9-11/h3-4,6-9H,5,18H2,(H,20,21). The van der Waals surface area contributed by atoms with Crippen LogP contribution >= 0.6 is 11.6 Å². The van der Waals surface area contributed by atoms with Crippen LogP contribution in [0.25, 0.3) is 0 Å². The van der Waals surface area contributed by atoms with E-state index in [1.807, 2.05) is 0 Å². The molecule has 0 bridgehead atoms. The number of amides is 1. The molecule has 2 aromatic rings. The molecule has 6 heteroatoms. The van der Waals surface area contributed by atoms with E-state index in [1.54, 1.807) is 6.07 Å². The average molecular weight is 304 g/mol. The highest BCUT2D eigenvalue weighted by Gasteiger charge is 2.10. The van der Waals surface area contributed by atoms with Gasteiger partial charge in [-0.2, -0.15) is 0 Å². The molecule has 1 aromatic heterocycles. The lowest BCUT2D eigenvalue weighted by Gasteiger charge is -2.06. The molecule has 21 heavy (non-hydrogen) atoms. The van der Waals surface area contributed by atoms with Gasteiger partial charge in [-0.15, -0.1) is 0 Å². The number of anilines is 1. The molecule has 1 heterocycles. The van der Waals surface area contributed by atoms with Crippen LogP contribution in [0.2, 0.25) is 5.02 Å². The smallest absolute Gasteiger partial charge is 0.257 e. The number of rotatable bonds is 2. The Morgan fingerprint density at radius 1 is 1.38 bits per heavy atom. The Labute approximate surface area is 126 Å². The van der Waals surface area contributed by atoms with Crippen LogP contribution in [-0.2, 0) is 0 Å². The summed E-state index contributed by atoms with van der Waals surface area (Å²) in [5.41, 5.74) is 6.10. The van der Waals surface area contributed by atoms with E-state index < -0.39 is 11.7 Å². The van der Waals surface area contributed by atoms with Gasteiger partial charge in [0.25, 0.3) is 5.91 Å². The molecule has 0 saturated heterocycles. The summed E-state index contributed by atoms with van der Waals surface area (Å²) in [5, 5.41) is 2.77. The van der Waals surface area contributed by atoms with Gasteiger partial charge in [-0.3, -0.25) is 9.78 Å². The van der Waals surface area contributed by atoms with Crippen molar-refractivity contribution in [3.05, 3.63) is 58.6 Å². The summed E-state index contributed by atoms with van der Waals surface area (Å²) in [6, 6.07) is 5.46. The number of nitrogens with zero attached hydrogens (tertiary/aromatic N) is 1. The second-order valence-corrected chi connectivity index (χ2v) is 4.48. The minimum absolute atomic E-state index is 0.00551. The van der Waals surface area contributed by atoms with Crippen molar-refractivity contribution in [1.82, 2.24) is 4.98 Å². The quantitative estimate of drug-likeness (QED) is 0.837. The number of carbonyl (C=O) groups is 1. The van der Waals surface area contributed by atoms with Gasteiger partial charge in [-0.25, -0.2) is 4.39 Å². The molecule has 0 atom stereocenters. The van der Waals surface area contributed by atoms with Crippen LogP contribution in [0.1, 0.15) is 15.9 Å². The summed E-state index contributed by atoms with van der Waals surface area (Å²) in [4.78, 5) is 16.0. The third kappa shape index (κ3) is 4.02. The molecule has 1 amide bonds. The molecular formula is C15H11ClFN3O. The first-order valence-corrected chi connectivity index (χ1v) is 6.38. The van der Waals surface area contributed by atoms with Crippen molar-refractivity contribution in [2.45, 2.75) is 0 Å². The molecule has 3 N–H and O–H groups in total. The first-order chi connectivity index (χ1) is 10.1. The van der Waals surface area contributed by atoms with Crippen molar-refractivity contribution in [3.63, 3.8) is 0 Å². The van der Waals surface area contributed by atoms with Crippen LogP contribution in [0, 0.1) is 17.7 Å². The fourth-order valence-corrected chi connectivity index (χ4v) is 1.75. The van der Waals surface area contributed by atoms with Gasteiger partial charge in [0, 0.05) is 23.0 Å². The van der Waals surface area contributed by atoms with Crippen LogP contribution < -0.4 is 11.1 Å². The average Bonchev–Trinajstić information content (AvgIpc) is 2.49. The van der Waals surface area contributed by atoms with E-state index in [-0.39, 0.29) is 17.8 Å². The van der Waals surface area contributed by atoms with Gasteiger partial charge in [0.05, 0.1) is 17.8 Å². The number of pyridine rings is 1. The first-order valence-electron chi connectivity index (χ1n) is 6.00. The van der Waals surface area contributed by atoms with Crippen molar-refractivity contribution in [2.75, 3.05) is 11.9 Å². The fraction of sp³-hybridized carbons (Fsp3) is 0.0667. The maximum Gasteiger partial charge on any atom is 0.257 e. The number of nitrogens with one attached hydrogen (secondary N) is 1. The molecular weight excluding hydrogens is 293 g/mol. The fourth-order valence-electron chi connectivity index (χ4n) is 1.57. The van der Waals surface area contributed by atoms with Gasteiger partial charge in [0.1, 0.15) is 5.82 Å². The predicted octanol–water partition coefficient (Wildman–Crippen LogP) is 2.44. The SMILES string of the molecule is NCC#Cc1cncc(C(=O)Nc2cc(Cl)ccc2F)c1. The van der Waals surface area contributed by atoms with Crippen molar-refractivity contribution >= 4 is 23.2 Å². The van der Waals surface area contributed by atoms with Crippen molar-refractivity contribution in [2.24, 2.45) is 5.73 Å². The molecule has 1 aromatic carbocycles. The number of halogens is 2. The zero-order chi connectivity index (χ0) is 15.2. The molecule has 0 fully saturated rings. The van der Waals surface area contributed by atoms with E-state index in [2.05, 4.69) is 22.1 Å². The highest BCUT2D eigenvalue weighted by atomic mass is 35.5. The molecule has 0 aliphatic carbocycles. The van der Waals surface area contributed by atoms with Gasteiger partial charge < -0.3 is 11.1 Å². The second-order valence-electron chi connectivity index (χ2n) is 4.05. The van der Waals surface area contributed by atoms with E-state index in [0.29, 0.717) is 10.6 Å². The van der Waals surface area contributed by atoms with Gasteiger partial charge in [-0.05, 0) is 24.3 Å². The van der Waals surface area contributed by atoms with E-state index in [4.69, 9.17) is 17.3 Å². The van der Waals surface area contributed by atoms with Gasteiger partial charge in [0.15, 0.2) is 0 Å². The molecule has 0 spiro atoms. The Kier molecular flexibility index (Phi) is 4.88. The summed E-state index contributed by atoms with van der Waals surface area (Å²) < 4.78 is 13.6. The molecule has 0 aliphatic rings. The minimum atomic E-state index is -0.570. The maximum absolute atomic E-state index is 13.6. The lowest BCUT2D eigenvalue weighted by molar-refractivity contribution is 0.102. The van der Waals surface area contributed by atoms with E-state index in [9.17, 15) is 9.18 Å². The van der Waals surface area contributed by atoms with E-state index in [1.165, 1.54) is 30.6 Å². The topological polar surface area (TPSA) is 68.0 Å². The molecule has 0 saturated carbocycles. The zero-order valence-electron chi connectivity index (χ0n) is 10.9. The molecule has 106 valence electrons. The number of carbonyl (C=O) groups excluding carboxylic acids is 1. The largest absolute Gasteiger partial charge is 0.320 e. The molecule has 0 unspecified atom stereocenters. The second kappa shape index (κ2) is 6.84. The minimum Gasteiger partial charge on any atom is -0.320 e. The summed E-state index contributed by atoms with van der Waals surface area (Å²) in [6.45, 7) is 0.212. The van der Waals surface area contributed by atoms with Crippen LogP contribution in [0.5, 0.6) is 0 Å². The van der Waals surface area contributed by atoms with Crippen LogP contribution in [0.3, 0.4) is 0 Å². The molecule has 2 rings (SSSR count). The zero-order valence-corrected chi connectivity index (χ0v) is 11.6. The number of hydrogen-bond donors (Lipinski definition) is 2. The van der Waals surface area contributed by atoms with E-state index >= 15 is 0 Å². The lowest BCUT2D eigenvalue weighted by atomic mass is 10.2. The maximum atomic E-state index is 13.6. The number of hydrogen-bond acceptors (Lipinski definition) is 3. The van der Waals surface area contributed by atoms with Crippen LogP contribution in [0.4, 0.5) is 10.1 Å². The van der Waals surface area contributed by atoms with E-state index in [0.717, 1.165) is 0 Å². The monoisotopic (exact) mass is 303 g/mol. The van der Waals surface area contributed by atoms with Crippen molar-refractivity contribution < 1.29 is 9.18 Å². The van der Waals surface area contributed by atoms with Crippen LogP contribution in [0.15, 0.2) is 36.7 Å². The summed E-state index contributed by atoms with van der Waals surface area (Å²) in [7, 11) is 0. The Morgan fingerprint density at radius 3 is 2.95 bits per heavy atom. The van der Waals surface area contributed by atoms with Crippen molar-refractivity contribution in [1.29, 1.82) is 0 Å². The van der Waals surface area contributed by atoms with Crippen molar-refractivity contribution in [3.8, 4) is 11.8 Å².